The Bertz CT molecular complexity index is 478. The van der Waals surface area contributed by atoms with Crippen LogP contribution < -0.4 is 5.23 Å². The van der Waals surface area contributed by atoms with E-state index in [1.54, 1.807) is 6.07 Å². The van der Waals surface area contributed by atoms with Crippen LogP contribution in [-0.2, 0) is 0 Å². The van der Waals surface area contributed by atoms with Crippen molar-refractivity contribution >= 4 is 28.5 Å². The van der Waals surface area contributed by atoms with Gasteiger partial charge in [0.2, 0.25) is 0 Å². The summed E-state index contributed by atoms with van der Waals surface area (Å²) >= 11 is 0. The molecule has 5 heteroatoms. The number of hydrogen-bond donors (Lipinski definition) is 1. The molecule has 0 saturated heterocycles. The molecule has 0 radical (unpaired) electrons. The summed E-state index contributed by atoms with van der Waals surface area (Å²) in [6.07, 6.45) is 0.726. The molecule has 0 aliphatic carbocycles. The van der Waals surface area contributed by atoms with Gasteiger partial charge in [0.05, 0.1) is 17.1 Å². The Morgan fingerprint density at radius 3 is 2.44 bits per heavy atom. The minimum atomic E-state index is -0.174. The number of anilines is 1. The van der Waals surface area contributed by atoms with Crippen LogP contribution in [0.5, 0.6) is 0 Å². The van der Waals surface area contributed by atoms with E-state index in [1.165, 1.54) is 12.1 Å². The van der Waals surface area contributed by atoms with Gasteiger partial charge in [-0.2, -0.15) is 0 Å². The fourth-order valence-corrected chi connectivity index (χ4v) is 1.68. The van der Waals surface area contributed by atoms with Crippen LogP contribution in [0.4, 0.5) is 17.1 Å². The molecule has 84 valence electrons. The normalized spacial score (nSPS) is 14.8. The molecule has 0 amide bonds. The third kappa shape index (κ3) is 2.10. The molecule has 0 spiro atoms. The number of aliphatic imine (C=N–C) groups is 2. The van der Waals surface area contributed by atoms with E-state index in [4.69, 9.17) is 5.21 Å². The first-order valence-electron chi connectivity index (χ1n) is 4.95. The second-order valence-corrected chi connectivity index (χ2v) is 3.82. The highest BCUT2D eigenvalue weighted by Gasteiger charge is 2.08. The van der Waals surface area contributed by atoms with E-state index in [-0.39, 0.29) is 10.9 Å². The predicted octanol–water partition coefficient (Wildman–Crippen LogP) is 2.97. The summed E-state index contributed by atoms with van der Waals surface area (Å²) in [6, 6.07) is 4.71. The van der Waals surface area contributed by atoms with E-state index in [9.17, 15) is 5.21 Å². The monoisotopic (exact) mass is 218 g/mol. The van der Waals surface area contributed by atoms with Gasteiger partial charge < -0.3 is 10.4 Å². The molecular weight excluding hydrogens is 206 g/mol. The molecule has 5 nitrogen and oxygen atoms in total. The lowest BCUT2D eigenvalue weighted by molar-refractivity contribution is 0.296. The lowest BCUT2D eigenvalue weighted by Crippen LogP contribution is -2.06. The van der Waals surface area contributed by atoms with E-state index in [0.717, 1.165) is 23.5 Å². The highest BCUT2D eigenvalue weighted by atomic mass is 16.8. The van der Waals surface area contributed by atoms with Gasteiger partial charge in [-0.05, 0) is 32.0 Å². The average Bonchev–Trinajstić information content (AvgIpc) is 2.32. The van der Waals surface area contributed by atoms with Crippen LogP contribution in [0.15, 0.2) is 28.2 Å². The van der Waals surface area contributed by atoms with Crippen molar-refractivity contribution in [2.75, 3.05) is 5.23 Å². The molecule has 16 heavy (non-hydrogen) atoms. The Labute approximate surface area is 93.3 Å². The number of rotatable bonds is 1. The highest BCUT2D eigenvalue weighted by molar-refractivity contribution is 6.06. The Kier molecular flexibility index (Phi) is 2.72. The van der Waals surface area contributed by atoms with Crippen LogP contribution in [0.1, 0.15) is 20.3 Å². The van der Waals surface area contributed by atoms with E-state index >= 15 is 0 Å². The molecule has 0 atom stereocenters. The zero-order valence-corrected chi connectivity index (χ0v) is 9.14. The third-order valence-corrected chi connectivity index (χ3v) is 2.31. The van der Waals surface area contributed by atoms with Gasteiger partial charge in [-0.25, -0.2) is 0 Å². The molecule has 1 N–H and O–H groups in total. The predicted molar refractivity (Wildman–Crippen MR) is 64.2 cm³/mol. The van der Waals surface area contributed by atoms with E-state index in [0.29, 0.717) is 5.69 Å². The molecular formula is C11H12N3O2-. The van der Waals surface area contributed by atoms with Gasteiger partial charge in [0, 0.05) is 17.8 Å². The maximum absolute atomic E-state index is 10.8. The van der Waals surface area contributed by atoms with Gasteiger partial charge in [0.15, 0.2) is 0 Å². The van der Waals surface area contributed by atoms with Crippen LogP contribution in [0.2, 0.25) is 0 Å². The Balaban J connectivity index is 2.54. The SMILES string of the molecule is CC1=Nc2ccc(N([O-])O)cc2N=C(C)C1. The number of fused-ring (bicyclic) bond motifs is 1. The van der Waals surface area contributed by atoms with Crippen molar-refractivity contribution in [3.05, 3.63) is 23.4 Å². The van der Waals surface area contributed by atoms with E-state index < -0.39 is 0 Å². The van der Waals surface area contributed by atoms with Crippen molar-refractivity contribution < 1.29 is 5.21 Å². The summed E-state index contributed by atoms with van der Waals surface area (Å²) in [5, 5.41) is 19.4. The first kappa shape index (κ1) is 10.8. The van der Waals surface area contributed by atoms with Crippen LogP contribution in [0.3, 0.4) is 0 Å². The fraction of sp³-hybridized carbons (Fsp3) is 0.273. The number of benzene rings is 1. The van der Waals surface area contributed by atoms with Crippen LogP contribution >= 0.6 is 0 Å². The maximum atomic E-state index is 10.8. The van der Waals surface area contributed by atoms with Crippen molar-refractivity contribution in [1.29, 1.82) is 0 Å². The van der Waals surface area contributed by atoms with Gasteiger partial charge in [0.1, 0.15) is 0 Å². The topological polar surface area (TPSA) is 71.2 Å². The van der Waals surface area contributed by atoms with E-state index in [1.807, 2.05) is 13.8 Å². The second-order valence-electron chi connectivity index (χ2n) is 3.82. The summed E-state index contributed by atoms with van der Waals surface area (Å²) in [6.45, 7) is 3.85. The highest BCUT2D eigenvalue weighted by Crippen LogP contribution is 2.34. The lowest BCUT2D eigenvalue weighted by atomic mass is 10.2. The minimum Gasteiger partial charge on any atom is -0.733 e. The number of hydrogen-bond acceptors (Lipinski definition) is 5. The molecule has 1 aliphatic heterocycles. The standard InChI is InChI=1S/C11H12N3O2/c1-7-5-8(2)13-11-6-9(14(15)16)3-4-10(11)12-7/h3-4,6,15H,5H2,1-2H3/q-1. The van der Waals surface area contributed by atoms with Crippen molar-refractivity contribution in [3.63, 3.8) is 0 Å². The summed E-state index contributed by atoms with van der Waals surface area (Å²) in [4.78, 5) is 8.75. The molecule has 1 aromatic carbocycles. The smallest absolute Gasteiger partial charge is 0.0906 e. The first-order valence-corrected chi connectivity index (χ1v) is 4.95. The van der Waals surface area contributed by atoms with Gasteiger partial charge in [0.25, 0.3) is 0 Å². The molecule has 0 fully saturated rings. The molecule has 0 saturated carbocycles. The third-order valence-electron chi connectivity index (χ3n) is 2.31. The second kappa shape index (κ2) is 4.03. The molecule has 1 aromatic rings. The molecule has 1 heterocycles. The molecule has 0 aromatic heterocycles. The van der Waals surface area contributed by atoms with Gasteiger partial charge in [-0.3, -0.25) is 15.2 Å². The quantitative estimate of drug-likeness (QED) is 0.736. The Morgan fingerprint density at radius 1 is 1.19 bits per heavy atom. The maximum Gasteiger partial charge on any atom is 0.0906 e. The largest absolute Gasteiger partial charge is 0.733 e. The zero-order valence-electron chi connectivity index (χ0n) is 9.14. The first-order chi connectivity index (χ1) is 7.56. The van der Waals surface area contributed by atoms with Crippen molar-refractivity contribution in [3.8, 4) is 0 Å². The summed E-state index contributed by atoms with van der Waals surface area (Å²) < 4.78 is 0. The minimum absolute atomic E-state index is 0.157. The summed E-state index contributed by atoms with van der Waals surface area (Å²) in [5.74, 6) is 0. The zero-order chi connectivity index (χ0) is 11.7. The van der Waals surface area contributed by atoms with Crippen molar-refractivity contribution in [2.45, 2.75) is 20.3 Å². The molecule has 0 bridgehead atoms. The van der Waals surface area contributed by atoms with Gasteiger partial charge in [-0.1, -0.05) is 0 Å². The van der Waals surface area contributed by atoms with Gasteiger partial charge in [-0.15, -0.1) is 0 Å². The summed E-state index contributed by atoms with van der Waals surface area (Å²) in [7, 11) is 0. The molecule has 0 unspecified atom stereocenters. The lowest BCUT2D eigenvalue weighted by Gasteiger charge is -2.21. The number of nitrogens with zero attached hydrogens (tertiary/aromatic N) is 3. The fourth-order valence-electron chi connectivity index (χ4n) is 1.68. The molecule has 1 aliphatic rings. The van der Waals surface area contributed by atoms with Crippen molar-refractivity contribution in [2.24, 2.45) is 9.98 Å². The van der Waals surface area contributed by atoms with Gasteiger partial charge >= 0.3 is 0 Å². The van der Waals surface area contributed by atoms with Crippen LogP contribution in [0, 0.1) is 5.21 Å². The van der Waals surface area contributed by atoms with E-state index in [2.05, 4.69) is 9.98 Å². The van der Waals surface area contributed by atoms with Crippen LogP contribution in [-0.4, -0.2) is 16.6 Å². The van der Waals surface area contributed by atoms with Crippen LogP contribution in [0.25, 0.3) is 0 Å². The summed E-state index contributed by atoms with van der Waals surface area (Å²) in [5.41, 5.74) is 3.41. The Morgan fingerprint density at radius 2 is 1.81 bits per heavy atom. The molecule has 2 rings (SSSR count). The van der Waals surface area contributed by atoms with Crippen molar-refractivity contribution in [1.82, 2.24) is 0 Å². The average molecular weight is 218 g/mol. The Hall–Kier alpha value is -1.72.